The third kappa shape index (κ3) is 2.88. The van der Waals surface area contributed by atoms with Crippen LogP contribution < -0.4 is 11.1 Å². The molecule has 0 spiro atoms. The van der Waals surface area contributed by atoms with Crippen LogP contribution in [0, 0.1) is 5.41 Å². The zero-order valence-corrected chi connectivity index (χ0v) is 12.0. The van der Waals surface area contributed by atoms with Crippen LogP contribution in [-0.2, 0) is 0 Å². The lowest BCUT2D eigenvalue weighted by Crippen LogP contribution is -2.40. The Morgan fingerprint density at radius 3 is 2.62 bits per heavy atom. The minimum Gasteiger partial charge on any atom is -0.351 e. The second-order valence-electron chi connectivity index (χ2n) is 5.85. The van der Waals surface area contributed by atoms with Crippen molar-refractivity contribution in [1.82, 2.24) is 15.3 Å². The lowest BCUT2D eigenvalue weighted by molar-refractivity contribution is 0.0932. The van der Waals surface area contributed by atoms with Gasteiger partial charge in [-0.2, -0.15) is 0 Å². The van der Waals surface area contributed by atoms with Gasteiger partial charge < -0.3 is 11.1 Å². The lowest BCUT2D eigenvalue weighted by atomic mass is 9.86. The molecule has 1 fully saturated rings. The highest BCUT2D eigenvalue weighted by molar-refractivity contribution is 5.97. The van der Waals surface area contributed by atoms with E-state index in [1.165, 1.54) is 12.8 Å². The van der Waals surface area contributed by atoms with Gasteiger partial charge in [0.1, 0.15) is 0 Å². The van der Waals surface area contributed by atoms with Crippen LogP contribution in [0.15, 0.2) is 30.6 Å². The van der Waals surface area contributed by atoms with Gasteiger partial charge in [0.05, 0.1) is 11.0 Å². The second kappa shape index (κ2) is 5.77. The molecule has 0 atom stereocenters. The molecule has 1 aliphatic carbocycles. The van der Waals surface area contributed by atoms with Crippen molar-refractivity contribution < 1.29 is 4.79 Å². The van der Waals surface area contributed by atoms with Gasteiger partial charge in [-0.05, 0) is 43.0 Å². The molecule has 21 heavy (non-hydrogen) atoms. The number of amides is 1. The average molecular weight is 284 g/mol. The maximum absolute atomic E-state index is 12.3. The number of benzene rings is 1. The smallest absolute Gasteiger partial charge is 0.251 e. The Kier molecular flexibility index (Phi) is 3.84. The first-order valence-corrected chi connectivity index (χ1v) is 7.42. The van der Waals surface area contributed by atoms with E-state index in [9.17, 15) is 4.79 Å². The third-order valence-corrected chi connectivity index (χ3v) is 4.45. The molecule has 1 aromatic carbocycles. The lowest BCUT2D eigenvalue weighted by Gasteiger charge is -2.27. The molecule has 0 aliphatic heterocycles. The third-order valence-electron chi connectivity index (χ3n) is 4.45. The Morgan fingerprint density at radius 1 is 1.19 bits per heavy atom. The van der Waals surface area contributed by atoms with E-state index >= 15 is 0 Å². The molecule has 1 heterocycles. The highest BCUT2D eigenvalue weighted by Gasteiger charge is 2.32. The van der Waals surface area contributed by atoms with Crippen LogP contribution in [0.4, 0.5) is 0 Å². The first-order valence-electron chi connectivity index (χ1n) is 7.42. The number of carbonyl (C=O) groups is 1. The molecule has 110 valence electrons. The monoisotopic (exact) mass is 284 g/mol. The summed E-state index contributed by atoms with van der Waals surface area (Å²) in [4.78, 5) is 20.7. The fourth-order valence-corrected chi connectivity index (χ4v) is 3.05. The number of nitrogens with zero attached hydrogens (tertiary/aromatic N) is 2. The first kappa shape index (κ1) is 13.9. The Hall–Kier alpha value is -2.01. The average Bonchev–Trinajstić information content (AvgIpc) is 3.01. The van der Waals surface area contributed by atoms with Gasteiger partial charge in [0.25, 0.3) is 5.91 Å². The number of carbonyl (C=O) groups excluding carboxylic acids is 1. The van der Waals surface area contributed by atoms with Gasteiger partial charge >= 0.3 is 0 Å². The molecule has 0 saturated heterocycles. The van der Waals surface area contributed by atoms with E-state index in [0.717, 1.165) is 23.9 Å². The van der Waals surface area contributed by atoms with Crippen molar-refractivity contribution in [2.75, 3.05) is 13.1 Å². The Balaban J connectivity index is 1.71. The minimum absolute atomic E-state index is 0.0673. The number of aromatic nitrogens is 2. The van der Waals surface area contributed by atoms with Crippen molar-refractivity contribution in [3.63, 3.8) is 0 Å². The molecule has 1 saturated carbocycles. The summed E-state index contributed by atoms with van der Waals surface area (Å²) in [6.07, 6.45) is 7.90. The van der Waals surface area contributed by atoms with Gasteiger partial charge in [-0.15, -0.1) is 0 Å². The minimum atomic E-state index is -0.0673. The van der Waals surface area contributed by atoms with E-state index in [0.29, 0.717) is 18.7 Å². The van der Waals surface area contributed by atoms with Gasteiger partial charge in [-0.1, -0.05) is 12.8 Å². The molecular weight excluding hydrogens is 264 g/mol. The summed E-state index contributed by atoms with van der Waals surface area (Å²) in [5.74, 6) is -0.0673. The van der Waals surface area contributed by atoms with E-state index in [2.05, 4.69) is 15.3 Å². The Bertz CT molecular complexity index is 650. The molecule has 3 rings (SSSR count). The second-order valence-corrected chi connectivity index (χ2v) is 5.85. The highest BCUT2D eigenvalue weighted by Crippen LogP contribution is 2.36. The van der Waals surface area contributed by atoms with Gasteiger partial charge in [0.15, 0.2) is 0 Å². The molecule has 0 unspecified atom stereocenters. The number of fused-ring (bicyclic) bond motifs is 1. The van der Waals surface area contributed by atoms with Crippen LogP contribution in [0.25, 0.3) is 11.0 Å². The van der Waals surface area contributed by atoms with Crippen LogP contribution in [0.1, 0.15) is 36.0 Å². The van der Waals surface area contributed by atoms with Gasteiger partial charge in [0, 0.05) is 24.5 Å². The van der Waals surface area contributed by atoms with Crippen molar-refractivity contribution in [2.45, 2.75) is 25.7 Å². The summed E-state index contributed by atoms with van der Waals surface area (Å²) in [6.45, 7) is 1.29. The fourth-order valence-electron chi connectivity index (χ4n) is 3.05. The van der Waals surface area contributed by atoms with Crippen molar-refractivity contribution in [3.8, 4) is 0 Å². The highest BCUT2D eigenvalue weighted by atomic mass is 16.1. The van der Waals surface area contributed by atoms with Crippen LogP contribution >= 0.6 is 0 Å². The number of hydrogen-bond acceptors (Lipinski definition) is 4. The van der Waals surface area contributed by atoms with Gasteiger partial charge in [-0.3, -0.25) is 14.8 Å². The maximum Gasteiger partial charge on any atom is 0.251 e. The number of nitrogens with two attached hydrogens (primary N) is 1. The van der Waals surface area contributed by atoms with Crippen LogP contribution in [-0.4, -0.2) is 29.0 Å². The quantitative estimate of drug-likeness (QED) is 0.898. The number of nitrogens with one attached hydrogen (secondary N) is 1. The van der Waals surface area contributed by atoms with Crippen LogP contribution in [0.3, 0.4) is 0 Å². The van der Waals surface area contributed by atoms with Crippen LogP contribution in [0.5, 0.6) is 0 Å². The van der Waals surface area contributed by atoms with Crippen molar-refractivity contribution >= 4 is 16.9 Å². The van der Waals surface area contributed by atoms with E-state index < -0.39 is 0 Å². The van der Waals surface area contributed by atoms with Crippen LogP contribution in [0.2, 0.25) is 0 Å². The first-order chi connectivity index (χ1) is 10.2. The SMILES string of the molecule is NCC1(CNC(=O)c2ccc3nccnc3c2)CCCC1. The van der Waals surface area contributed by atoms with E-state index in [-0.39, 0.29) is 11.3 Å². The van der Waals surface area contributed by atoms with Crippen molar-refractivity contribution in [2.24, 2.45) is 11.1 Å². The molecule has 1 aromatic heterocycles. The van der Waals surface area contributed by atoms with E-state index in [1.54, 1.807) is 24.5 Å². The number of hydrogen-bond donors (Lipinski definition) is 2. The van der Waals surface area contributed by atoms with Crippen molar-refractivity contribution in [3.05, 3.63) is 36.2 Å². The Labute approximate surface area is 124 Å². The van der Waals surface area contributed by atoms with E-state index in [4.69, 9.17) is 5.73 Å². The fraction of sp³-hybridized carbons (Fsp3) is 0.438. The topological polar surface area (TPSA) is 80.9 Å². The molecule has 1 aliphatic rings. The summed E-state index contributed by atoms with van der Waals surface area (Å²) in [5, 5.41) is 3.03. The standard InChI is InChI=1S/C16H20N4O/c17-10-16(5-1-2-6-16)11-20-15(21)12-3-4-13-14(9-12)19-8-7-18-13/h3-4,7-9H,1-2,5-6,10-11,17H2,(H,20,21). The molecule has 3 N–H and O–H groups in total. The molecule has 5 nitrogen and oxygen atoms in total. The maximum atomic E-state index is 12.3. The molecule has 5 heteroatoms. The van der Waals surface area contributed by atoms with Crippen molar-refractivity contribution in [1.29, 1.82) is 0 Å². The normalized spacial score (nSPS) is 17.0. The molecule has 0 bridgehead atoms. The molecular formula is C16H20N4O. The summed E-state index contributed by atoms with van der Waals surface area (Å²) < 4.78 is 0. The van der Waals surface area contributed by atoms with E-state index in [1.807, 2.05) is 6.07 Å². The summed E-state index contributed by atoms with van der Waals surface area (Å²) in [7, 11) is 0. The molecule has 2 aromatic rings. The predicted molar refractivity (Wildman–Crippen MR) is 81.8 cm³/mol. The zero-order chi connectivity index (χ0) is 14.7. The molecule has 1 amide bonds. The zero-order valence-electron chi connectivity index (χ0n) is 12.0. The summed E-state index contributed by atoms with van der Waals surface area (Å²) in [6, 6.07) is 5.39. The van der Waals surface area contributed by atoms with Gasteiger partial charge in [0.2, 0.25) is 0 Å². The number of rotatable bonds is 4. The summed E-state index contributed by atoms with van der Waals surface area (Å²) in [5.41, 5.74) is 8.14. The predicted octanol–water partition coefficient (Wildman–Crippen LogP) is 1.88. The summed E-state index contributed by atoms with van der Waals surface area (Å²) >= 11 is 0. The molecule has 0 radical (unpaired) electrons. The van der Waals surface area contributed by atoms with Gasteiger partial charge in [-0.25, -0.2) is 0 Å². The Morgan fingerprint density at radius 2 is 1.90 bits per heavy atom. The largest absolute Gasteiger partial charge is 0.351 e.